The van der Waals surface area contributed by atoms with E-state index in [1.807, 2.05) is 24.3 Å². The fraction of sp³-hybridized carbons (Fsp3) is 0.625. The van der Waals surface area contributed by atoms with Crippen molar-refractivity contribution in [2.24, 2.45) is 0 Å². The number of benzene rings is 1. The highest BCUT2D eigenvalue weighted by Crippen LogP contribution is 2.15. The minimum atomic E-state index is -0.933. The van der Waals surface area contributed by atoms with Crippen LogP contribution in [0, 0.1) is 0 Å². The van der Waals surface area contributed by atoms with Crippen molar-refractivity contribution in [2.75, 3.05) is 6.61 Å². The van der Waals surface area contributed by atoms with Crippen LogP contribution in [0.25, 0.3) is 6.08 Å². The second-order valence-corrected chi connectivity index (χ2v) is 7.33. The van der Waals surface area contributed by atoms with Gasteiger partial charge in [-0.05, 0) is 30.2 Å². The topological polar surface area (TPSA) is 46.5 Å². The van der Waals surface area contributed by atoms with Crippen LogP contribution in [0.15, 0.2) is 30.3 Å². The first kappa shape index (κ1) is 23.3. The summed E-state index contributed by atoms with van der Waals surface area (Å²) in [5.41, 5.74) is 0.866. The van der Waals surface area contributed by atoms with Gasteiger partial charge in [-0.25, -0.2) is 4.79 Å². The van der Waals surface area contributed by atoms with E-state index in [9.17, 15) is 4.79 Å². The quantitative estimate of drug-likeness (QED) is 0.231. The summed E-state index contributed by atoms with van der Waals surface area (Å²) in [4.78, 5) is 10.5. The van der Waals surface area contributed by atoms with Crippen LogP contribution < -0.4 is 4.74 Å². The predicted molar refractivity (Wildman–Crippen MR) is 114 cm³/mol. The largest absolute Gasteiger partial charge is 0.494 e. The van der Waals surface area contributed by atoms with Gasteiger partial charge in [0.15, 0.2) is 0 Å². The van der Waals surface area contributed by atoms with Crippen molar-refractivity contribution in [3.05, 3.63) is 35.9 Å². The number of carboxylic acid groups (broad SMARTS) is 1. The molecule has 3 heteroatoms. The van der Waals surface area contributed by atoms with Crippen LogP contribution in [0.5, 0.6) is 5.75 Å². The predicted octanol–water partition coefficient (Wildman–Crippen LogP) is 7.25. The monoisotopic (exact) mass is 374 g/mol. The summed E-state index contributed by atoms with van der Waals surface area (Å²) in [5, 5.41) is 8.61. The van der Waals surface area contributed by atoms with Crippen LogP contribution in [0.3, 0.4) is 0 Å². The molecule has 0 aliphatic carbocycles. The highest BCUT2D eigenvalue weighted by molar-refractivity contribution is 5.85. The summed E-state index contributed by atoms with van der Waals surface area (Å²) in [6.45, 7) is 3.02. The maximum Gasteiger partial charge on any atom is 0.328 e. The van der Waals surface area contributed by atoms with Gasteiger partial charge in [-0.1, -0.05) is 96.1 Å². The molecular formula is C24H38O3. The number of carbonyl (C=O) groups is 1. The van der Waals surface area contributed by atoms with Gasteiger partial charge < -0.3 is 9.84 Å². The van der Waals surface area contributed by atoms with Gasteiger partial charge in [0.2, 0.25) is 0 Å². The lowest BCUT2D eigenvalue weighted by atomic mass is 10.0. The number of unbranched alkanes of at least 4 members (excludes halogenated alkanes) is 12. The molecule has 27 heavy (non-hydrogen) atoms. The van der Waals surface area contributed by atoms with E-state index < -0.39 is 5.97 Å². The summed E-state index contributed by atoms with van der Waals surface area (Å²) in [6.07, 6.45) is 20.3. The van der Waals surface area contributed by atoms with Crippen molar-refractivity contribution in [1.29, 1.82) is 0 Å². The molecule has 0 spiro atoms. The van der Waals surface area contributed by atoms with E-state index in [4.69, 9.17) is 9.84 Å². The van der Waals surface area contributed by atoms with Crippen molar-refractivity contribution < 1.29 is 14.6 Å². The molecule has 0 saturated carbocycles. The molecule has 0 aromatic heterocycles. The van der Waals surface area contributed by atoms with Crippen molar-refractivity contribution in [3.63, 3.8) is 0 Å². The second kappa shape index (κ2) is 16.4. The summed E-state index contributed by atoms with van der Waals surface area (Å²) in [5.74, 6) is -0.0841. The van der Waals surface area contributed by atoms with Gasteiger partial charge in [-0.15, -0.1) is 0 Å². The summed E-state index contributed by atoms with van der Waals surface area (Å²) < 4.78 is 5.75. The van der Waals surface area contributed by atoms with Crippen LogP contribution in [0.2, 0.25) is 0 Å². The molecule has 0 aliphatic rings. The lowest BCUT2D eigenvalue weighted by Gasteiger charge is -2.06. The van der Waals surface area contributed by atoms with Gasteiger partial charge in [0.1, 0.15) is 5.75 Å². The summed E-state index contributed by atoms with van der Waals surface area (Å²) in [7, 11) is 0. The van der Waals surface area contributed by atoms with Crippen molar-refractivity contribution >= 4 is 12.0 Å². The first-order valence-electron chi connectivity index (χ1n) is 10.9. The maximum atomic E-state index is 10.5. The number of carboxylic acids is 1. The SMILES string of the molecule is CCCCCCCCCCCCCCCOc1ccc(/C=C/C(=O)O)cc1. The summed E-state index contributed by atoms with van der Waals surface area (Å²) in [6, 6.07) is 7.53. The molecule has 0 fully saturated rings. The third-order valence-corrected chi connectivity index (χ3v) is 4.82. The van der Waals surface area contributed by atoms with Gasteiger partial charge in [0.25, 0.3) is 0 Å². The standard InChI is InChI=1S/C24H38O3/c1-2-3-4-5-6-7-8-9-10-11-12-13-14-21-27-23-18-15-22(16-19-23)17-20-24(25)26/h15-20H,2-14,21H2,1H3,(H,25,26)/b20-17+. The molecule has 0 bridgehead atoms. The fourth-order valence-electron chi connectivity index (χ4n) is 3.15. The fourth-order valence-corrected chi connectivity index (χ4v) is 3.15. The third-order valence-electron chi connectivity index (χ3n) is 4.82. The van der Waals surface area contributed by atoms with E-state index in [2.05, 4.69) is 6.92 Å². The Hall–Kier alpha value is -1.77. The highest BCUT2D eigenvalue weighted by Gasteiger charge is 1.96. The Morgan fingerprint density at radius 1 is 0.815 bits per heavy atom. The lowest BCUT2D eigenvalue weighted by Crippen LogP contribution is -1.97. The highest BCUT2D eigenvalue weighted by atomic mass is 16.5. The van der Waals surface area contributed by atoms with Crippen LogP contribution in [-0.2, 0) is 4.79 Å². The average Bonchev–Trinajstić information content (AvgIpc) is 2.67. The Bertz CT molecular complexity index is 505. The molecule has 0 heterocycles. The van der Waals surface area contributed by atoms with Crippen molar-refractivity contribution in [2.45, 2.75) is 90.4 Å². The maximum absolute atomic E-state index is 10.5. The van der Waals surface area contributed by atoms with Crippen molar-refractivity contribution in [1.82, 2.24) is 0 Å². The molecule has 0 atom stereocenters. The van der Waals surface area contributed by atoms with Crippen LogP contribution in [-0.4, -0.2) is 17.7 Å². The van der Waals surface area contributed by atoms with E-state index in [1.165, 1.54) is 77.0 Å². The Morgan fingerprint density at radius 3 is 1.78 bits per heavy atom. The molecule has 1 N–H and O–H groups in total. The van der Waals surface area contributed by atoms with Gasteiger partial charge in [0, 0.05) is 6.08 Å². The smallest absolute Gasteiger partial charge is 0.328 e. The molecule has 0 aliphatic heterocycles. The van der Waals surface area contributed by atoms with E-state index in [0.717, 1.165) is 30.4 Å². The van der Waals surface area contributed by atoms with Crippen LogP contribution in [0.1, 0.15) is 96.0 Å². The molecule has 1 aromatic rings. The van der Waals surface area contributed by atoms with Gasteiger partial charge in [0.05, 0.1) is 6.61 Å². The van der Waals surface area contributed by atoms with Crippen LogP contribution in [0.4, 0.5) is 0 Å². The molecular weight excluding hydrogens is 336 g/mol. The Morgan fingerprint density at radius 2 is 1.30 bits per heavy atom. The number of hydrogen-bond donors (Lipinski definition) is 1. The van der Waals surface area contributed by atoms with Gasteiger partial charge in [-0.3, -0.25) is 0 Å². The Labute approximate surface area is 165 Å². The zero-order valence-corrected chi connectivity index (χ0v) is 17.1. The molecule has 1 aromatic carbocycles. The number of ether oxygens (including phenoxy) is 1. The molecule has 152 valence electrons. The minimum absolute atomic E-state index is 0.752. The molecule has 0 unspecified atom stereocenters. The second-order valence-electron chi connectivity index (χ2n) is 7.33. The van der Waals surface area contributed by atoms with E-state index in [1.54, 1.807) is 6.08 Å². The third kappa shape index (κ3) is 14.0. The van der Waals surface area contributed by atoms with E-state index in [-0.39, 0.29) is 0 Å². The molecule has 0 amide bonds. The zero-order valence-electron chi connectivity index (χ0n) is 17.1. The number of rotatable bonds is 17. The van der Waals surface area contributed by atoms with Crippen molar-refractivity contribution in [3.8, 4) is 5.75 Å². The number of hydrogen-bond acceptors (Lipinski definition) is 2. The lowest BCUT2D eigenvalue weighted by molar-refractivity contribution is -0.131. The first-order valence-corrected chi connectivity index (χ1v) is 10.9. The van der Waals surface area contributed by atoms with E-state index in [0.29, 0.717) is 0 Å². The molecule has 3 nitrogen and oxygen atoms in total. The number of aliphatic carboxylic acids is 1. The minimum Gasteiger partial charge on any atom is -0.494 e. The Kier molecular flexibility index (Phi) is 14.1. The molecule has 1 rings (SSSR count). The zero-order chi connectivity index (χ0) is 19.6. The molecule has 0 saturated heterocycles. The molecule has 0 radical (unpaired) electrons. The van der Waals surface area contributed by atoms with E-state index >= 15 is 0 Å². The normalized spacial score (nSPS) is 11.1. The first-order chi connectivity index (χ1) is 13.2. The van der Waals surface area contributed by atoms with Crippen LogP contribution >= 0.6 is 0 Å². The Balaban J connectivity index is 1.91. The summed E-state index contributed by atoms with van der Waals surface area (Å²) >= 11 is 0. The average molecular weight is 375 g/mol. The van der Waals surface area contributed by atoms with Gasteiger partial charge >= 0.3 is 5.97 Å². The van der Waals surface area contributed by atoms with Gasteiger partial charge in [-0.2, -0.15) is 0 Å².